The van der Waals surface area contributed by atoms with Gasteiger partial charge >= 0.3 is 0 Å². The van der Waals surface area contributed by atoms with Crippen molar-refractivity contribution in [3.8, 4) is 11.5 Å². The first kappa shape index (κ1) is 19.4. The molecule has 0 aromatic heterocycles. The Hall–Kier alpha value is -1.93. The minimum atomic E-state index is -2.53. The van der Waals surface area contributed by atoms with Gasteiger partial charge in [-0.1, -0.05) is 12.1 Å². The van der Waals surface area contributed by atoms with Crippen molar-refractivity contribution in [3.63, 3.8) is 0 Å². The van der Waals surface area contributed by atoms with Gasteiger partial charge in [0.2, 0.25) is 0 Å². The summed E-state index contributed by atoms with van der Waals surface area (Å²) in [5.41, 5.74) is -0.917. The number of carbonyl (C=O) groups is 1. The average Bonchev–Trinajstić information content (AvgIpc) is 2.58. The van der Waals surface area contributed by atoms with Gasteiger partial charge in [0.1, 0.15) is 0 Å². The van der Waals surface area contributed by atoms with E-state index in [0.717, 1.165) is 5.56 Å². The molecule has 0 saturated carbocycles. The second-order valence-corrected chi connectivity index (χ2v) is 6.04. The number of nitrogens with zero attached hydrogens (tertiary/aromatic N) is 1. The van der Waals surface area contributed by atoms with Crippen LogP contribution in [0.3, 0.4) is 0 Å². The molecule has 1 aliphatic heterocycles. The Labute approximate surface area is 145 Å². The molecule has 6 nitrogen and oxygen atoms in total. The smallest absolute Gasteiger partial charge is 0.256 e. The molecule has 0 aliphatic carbocycles. The second kappa shape index (κ2) is 8.44. The average molecular weight is 358 g/mol. The van der Waals surface area contributed by atoms with Crippen LogP contribution in [0.25, 0.3) is 0 Å². The number of rotatable bonds is 8. The molecular formula is C17H24F2N2O4. The van der Waals surface area contributed by atoms with Gasteiger partial charge in [-0.25, -0.2) is 8.78 Å². The molecule has 8 heteroatoms. The summed E-state index contributed by atoms with van der Waals surface area (Å²) < 4.78 is 35.1. The Bertz CT molecular complexity index is 600. The Kier molecular flexibility index (Phi) is 6.55. The van der Waals surface area contributed by atoms with Gasteiger partial charge in [-0.15, -0.1) is 0 Å². The standard InChI is InChI=1S/C17H24F2N2O4/c1-24-13-6-3-5-12(15(13)25-2)10-21-8-4-7-17(23,16(21)22)11-20-9-14(18)19/h3,5-6,14,20,23H,4,7-11H2,1-2H3. The van der Waals surface area contributed by atoms with Gasteiger partial charge in [0.05, 0.1) is 20.8 Å². The molecule has 0 bridgehead atoms. The van der Waals surface area contributed by atoms with Crippen molar-refractivity contribution in [2.24, 2.45) is 0 Å². The van der Waals surface area contributed by atoms with Crippen molar-refractivity contribution < 1.29 is 28.2 Å². The lowest BCUT2D eigenvalue weighted by Gasteiger charge is -2.38. The van der Waals surface area contributed by atoms with E-state index in [0.29, 0.717) is 24.5 Å². The number of aliphatic hydroxyl groups is 1. The van der Waals surface area contributed by atoms with Crippen molar-refractivity contribution >= 4 is 5.91 Å². The highest BCUT2D eigenvalue weighted by atomic mass is 19.3. The molecule has 1 amide bonds. The number of benzene rings is 1. The van der Waals surface area contributed by atoms with Crippen molar-refractivity contribution in [2.45, 2.75) is 31.4 Å². The zero-order valence-corrected chi connectivity index (χ0v) is 14.4. The number of methoxy groups -OCH3 is 2. The summed E-state index contributed by atoms with van der Waals surface area (Å²) in [6.07, 6.45) is -1.70. The minimum Gasteiger partial charge on any atom is -0.493 e. The van der Waals surface area contributed by atoms with Crippen LogP contribution in [0.1, 0.15) is 18.4 Å². The summed E-state index contributed by atoms with van der Waals surface area (Å²) in [5, 5.41) is 13.0. The molecule has 0 spiro atoms. The summed E-state index contributed by atoms with van der Waals surface area (Å²) in [7, 11) is 3.05. The van der Waals surface area contributed by atoms with Crippen LogP contribution in [0.2, 0.25) is 0 Å². The fourth-order valence-corrected chi connectivity index (χ4v) is 3.05. The van der Waals surface area contributed by atoms with Crippen LogP contribution in [-0.2, 0) is 11.3 Å². The van der Waals surface area contributed by atoms with E-state index in [2.05, 4.69) is 5.32 Å². The predicted octanol–water partition coefficient (Wildman–Crippen LogP) is 1.41. The van der Waals surface area contributed by atoms with E-state index in [4.69, 9.17) is 9.47 Å². The van der Waals surface area contributed by atoms with E-state index in [1.165, 1.54) is 19.1 Å². The highest BCUT2D eigenvalue weighted by molar-refractivity contribution is 5.86. The lowest BCUT2D eigenvalue weighted by atomic mass is 9.91. The van der Waals surface area contributed by atoms with Crippen LogP contribution >= 0.6 is 0 Å². The van der Waals surface area contributed by atoms with Gasteiger partial charge in [-0.05, 0) is 18.9 Å². The molecule has 1 fully saturated rings. The Morgan fingerprint density at radius 2 is 2.12 bits per heavy atom. The summed E-state index contributed by atoms with van der Waals surface area (Å²) >= 11 is 0. The Balaban J connectivity index is 2.11. The highest BCUT2D eigenvalue weighted by Gasteiger charge is 2.42. The van der Waals surface area contributed by atoms with Gasteiger partial charge in [0.25, 0.3) is 12.3 Å². The quantitative estimate of drug-likeness (QED) is 0.735. The van der Waals surface area contributed by atoms with Gasteiger partial charge < -0.3 is 24.8 Å². The fraction of sp³-hybridized carbons (Fsp3) is 0.588. The van der Waals surface area contributed by atoms with Gasteiger partial charge in [-0.2, -0.15) is 0 Å². The lowest BCUT2D eigenvalue weighted by molar-refractivity contribution is -0.157. The van der Waals surface area contributed by atoms with Crippen LogP contribution in [-0.4, -0.2) is 61.8 Å². The second-order valence-electron chi connectivity index (χ2n) is 6.04. The summed E-state index contributed by atoms with van der Waals surface area (Å²) in [6.45, 7) is -0.0199. The third-order valence-electron chi connectivity index (χ3n) is 4.27. The maximum Gasteiger partial charge on any atom is 0.256 e. The van der Waals surface area contributed by atoms with E-state index in [9.17, 15) is 18.7 Å². The van der Waals surface area contributed by atoms with E-state index < -0.39 is 24.5 Å². The molecular weight excluding hydrogens is 334 g/mol. The van der Waals surface area contributed by atoms with E-state index in [1.54, 1.807) is 12.1 Å². The van der Waals surface area contributed by atoms with Crippen molar-refractivity contribution in [1.29, 1.82) is 0 Å². The van der Waals surface area contributed by atoms with Crippen LogP contribution < -0.4 is 14.8 Å². The van der Waals surface area contributed by atoms with Crippen molar-refractivity contribution in [3.05, 3.63) is 23.8 Å². The first-order valence-corrected chi connectivity index (χ1v) is 8.12. The fourth-order valence-electron chi connectivity index (χ4n) is 3.05. The third-order valence-corrected chi connectivity index (χ3v) is 4.27. The number of piperidine rings is 1. The number of halogens is 2. The summed E-state index contributed by atoms with van der Waals surface area (Å²) in [4.78, 5) is 14.2. The van der Waals surface area contributed by atoms with Crippen LogP contribution in [0.4, 0.5) is 8.78 Å². The zero-order chi connectivity index (χ0) is 18.4. The number of carbonyl (C=O) groups excluding carboxylic acids is 1. The normalized spacial score (nSPS) is 20.9. The molecule has 0 radical (unpaired) electrons. The molecule has 140 valence electrons. The van der Waals surface area contributed by atoms with Gasteiger partial charge in [0, 0.05) is 25.2 Å². The number of amides is 1. The lowest BCUT2D eigenvalue weighted by Crippen LogP contribution is -2.58. The molecule has 1 heterocycles. The molecule has 1 saturated heterocycles. The third kappa shape index (κ3) is 4.58. The van der Waals surface area contributed by atoms with Crippen LogP contribution in [0.15, 0.2) is 18.2 Å². The SMILES string of the molecule is COc1cccc(CN2CCCC(O)(CNCC(F)F)C2=O)c1OC. The number of hydrogen-bond acceptors (Lipinski definition) is 5. The van der Waals surface area contributed by atoms with E-state index in [-0.39, 0.29) is 19.5 Å². The zero-order valence-electron chi connectivity index (χ0n) is 14.4. The van der Waals surface area contributed by atoms with Gasteiger partial charge in [-0.3, -0.25) is 4.79 Å². The number of hydrogen-bond donors (Lipinski definition) is 2. The number of likely N-dealkylation sites (tertiary alicyclic amines) is 1. The first-order chi connectivity index (χ1) is 11.9. The summed E-state index contributed by atoms with van der Waals surface area (Å²) in [6, 6.07) is 5.36. The molecule has 1 aromatic carbocycles. The van der Waals surface area contributed by atoms with Crippen LogP contribution in [0, 0.1) is 0 Å². The minimum absolute atomic E-state index is 0.193. The van der Waals surface area contributed by atoms with Crippen molar-refractivity contribution in [2.75, 3.05) is 33.9 Å². The topological polar surface area (TPSA) is 71.0 Å². The molecule has 25 heavy (non-hydrogen) atoms. The number of alkyl halides is 2. The molecule has 1 aliphatic rings. The van der Waals surface area contributed by atoms with Crippen LogP contribution in [0.5, 0.6) is 11.5 Å². The molecule has 1 aromatic rings. The van der Waals surface area contributed by atoms with E-state index in [1.807, 2.05) is 6.07 Å². The largest absolute Gasteiger partial charge is 0.493 e. The number of ether oxygens (including phenoxy) is 2. The van der Waals surface area contributed by atoms with Gasteiger partial charge in [0.15, 0.2) is 17.1 Å². The van der Waals surface area contributed by atoms with Crippen molar-refractivity contribution in [1.82, 2.24) is 10.2 Å². The molecule has 1 unspecified atom stereocenters. The van der Waals surface area contributed by atoms with E-state index >= 15 is 0 Å². The Morgan fingerprint density at radius 1 is 1.36 bits per heavy atom. The highest BCUT2D eigenvalue weighted by Crippen LogP contribution is 2.33. The monoisotopic (exact) mass is 358 g/mol. The first-order valence-electron chi connectivity index (χ1n) is 8.12. The predicted molar refractivity (Wildman–Crippen MR) is 88.0 cm³/mol. The molecule has 1 atom stereocenters. The summed E-state index contributed by atoms with van der Waals surface area (Å²) in [5.74, 6) is 0.617. The maximum absolute atomic E-state index is 12.7. The number of nitrogens with one attached hydrogen (secondary N) is 1. The molecule has 2 rings (SSSR count). The Morgan fingerprint density at radius 3 is 2.76 bits per heavy atom. The maximum atomic E-state index is 12.7. The number of para-hydroxylation sites is 1. The molecule has 2 N–H and O–H groups in total.